The fraction of sp³-hybridized carbons (Fsp3) is 0.600. The maximum Gasteiger partial charge on any atom is 0.0485 e. The van der Waals surface area contributed by atoms with Crippen LogP contribution in [0.1, 0.15) is 38.3 Å². The molecule has 1 aromatic rings. The molecule has 4 heteroatoms. The van der Waals surface area contributed by atoms with Crippen LogP contribution >= 0.6 is 27.5 Å². The zero-order valence-corrected chi connectivity index (χ0v) is 13.9. The van der Waals surface area contributed by atoms with E-state index in [1.807, 2.05) is 18.2 Å². The summed E-state index contributed by atoms with van der Waals surface area (Å²) < 4.78 is 1.10. The average molecular weight is 346 g/mol. The van der Waals surface area contributed by atoms with E-state index in [2.05, 4.69) is 34.7 Å². The van der Waals surface area contributed by atoms with Crippen LogP contribution in [0.5, 0.6) is 0 Å². The van der Waals surface area contributed by atoms with Crippen LogP contribution in [0.25, 0.3) is 0 Å². The van der Waals surface area contributed by atoms with Gasteiger partial charge in [0.25, 0.3) is 0 Å². The zero-order chi connectivity index (χ0) is 14.0. The van der Waals surface area contributed by atoms with E-state index in [0.29, 0.717) is 18.5 Å². The van der Waals surface area contributed by atoms with Gasteiger partial charge in [-0.05, 0) is 42.5 Å². The highest BCUT2D eigenvalue weighted by Gasteiger charge is 2.34. The average Bonchev–Trinajstić information content (AvgIpc) is 3.16. The minimum absolute atomic E-state index is 0.253. The number of halogens is 2. The monoisotopic (exact) mass is 344 g/mol. The number of hydrogen-bond acceptors (Lipinski definition) is 2. The second-order valence-corrected chi connectivity index (χ2v) is 7.03. The molecule has 0 aliphatic heterocycles. The number of nitrogens with two attached hydrogens (primary N) is 1. The van der Waals surface area contributed by atoms with Crippen molar-refractivity contribution in [3.63, 3.8) is 0 Å². The van der Waals surface area contributed by atoms with E-state index in [4.69, 9.17) is 17.3 Å². The molecule has 1 saturated carbocycles. The Bertz CT molecular complexity index is 432. The van der Waals surface area contributed by atoms with Gasteiger partial charge in [-0.1, -0.05) is 41.4 Å². The summed E-state index contributed by atoms with van der Waals surface area (Å²) in [5, 5.41) is 0.775. The van der Waals surface area contributed by atoms with Crippen molar-refractivity contribution in [1.82, 2.24) is 4.90 Å². The lowest BCUT2D eigenvalue weighted by atomic mass is 10.0. The Morgan fingerprint density at radius 3 is 2.63 bits per heavy atom. The Morgan fingerprint density at radius 2 is 2.11 bits per heavy atom. The highest BCUT2D eigenvalue weighted by molar-refractivity contribution is 9.10. The predicted octanol–water partition coefficient (Wildman–Crippen LogP) is 4.22. The SMILES string of the molecule is CC(C)CN(C1CC1)C(CN)c1cc(Cl)ccc1Br. The highest BCUT2D eigenvalue weighted by atomic mass is 79.9. The van der Waals surface area contributed by atoms with Gasteiger partial charge in [0.05, 0.1) is 0 Å². The van der Waals surface area contributed by atoms with Gasteiger partial charge in [0.2, 0.25) is 0 Å². The van der Waals surface area contributed by atoms with Crippen molar-refractivity contribution >= 4 is 27.5 Å². The second-order valence-electron chi connectivity index (χ2n) is 5.74. The molecular weight excluding hydrogens is 324 g/mol. The quantitative estimate of drug-likeness (QED) is 0.836. The third-order valence-electron chi connectivity index (χ3n) is 3.53. The molecule has 0 radical (unpaired) electrons. The van der Waals surface area contributed by atoms with Crippen molar-refractivity contribution < 1.29 is 0 Å². The van der Waals surface area contributed by atoms with Gasteiger partial charge in [-0.2, -0.15) is 0 Å². The summed E-state index contributed by atoms with van der Waals surface area (Å²) in [4.78, 5) is 2.56. The first-order valence-corrected chi connectivity index (χ1v) is 8.10. The normalized spacial score (nSPS) is 17.2. The van der Waals surface area contributed by atoms with Gasteiger partial charge in [-0.25, -0.2) is 0 Å². The van der Waals surface area contributed by atoms with E-state index in [9.17, 15) is 0 Å². The van der Waals surface area contributed by atoms with Gasteiger partial charge in [-0.3, -0.25) is 4.90 Å². The van der Waals surface area contributed by atoms with Crippen LogP contribution in [0.2, 0.25) is 5.02 Å². The van der Waals surface area contributed by atoms with E-state index in [0.717, 1.165) is 16.0 Å². The molecule has 1 aliphatic rings. The molecule has 0 bridgehead atoms. The molecule has 0 saturated heterocycles. The maximum absolute atomic E-state index is 6.14. The van der Waals surface area contributed by atoms with Gasteiger partial charge in [-0.15, -0.1) is 0 Å². The molecule has 19 heavy (non-hydrogen) atoms. The molecule has 0 heterocycles. The van der Waals surface area contributed by atoms with Crippen molar-refractivity contribution in [3.05, 3.63) is 33.3 Å². The minimum atomic E-state index is 0.253. The van der Waals surface area contributed by atoms with Crippen LogP contribution in [-0.2, 0) is 0 Å². The molecule has 2 rings (SSSR count). The second kappa shape index (κ2) is 6.57. The smallest absolute Gasteiger partial charge is 0.0485 e. The summed E-state index contributed by atoms with van der Waals surface area (Å²) in [6.07, 6.45) is 2.59. The van der Waals surface area contributed by atoms with Gasteiger partial charge in [0.15, 0.2) is 0 Å². The Hall–Kier alpha value is -0.0900. The summed E-state index contributed by atoms with van der Waals surface area (Å²) in [6.45, 7) is 6.24. The largest absolute Gasteiger partial charge is 0.329 e. The van der Waals surface area contributed by atoms with Crippen molar-refractivity contribution in [2.24, 2.45) is 11.7 Å². The third kappa shape index (κ3) is 3.94. The van der Waals surface area contributed by atoms with Gasteiger partial charge < -0.3 is 5.73 Å². The number of hydrogen-bond donors (Lipinski definition) is 1. The van der Waals surface area contributed by atoms with E-state index >= 15 is 0 Å². The van der Waals surface area contributed by atoms with Crippen molar-refractivity contribution in [1.29, 1.82) is 0 Å². The minimum Gasteiger partial charge on any atom is -0.329 e. The summed E-state index contributed by atoms with van der Waals surface area (Å²) in [7, 11) is 0. The topological polar surface area (TPSA) is 29.3 Å². The summed E-state index contributed by atoms with van der Waals surface area (Å²) in [6, 6.07) is 6.91. The van der Waals surface area contributed by atoms with Crippen molar-refractivity contribution in [3.8, 4) is 0 Å². The summed E-state index contributed by atoms with van der Waals surface area (Å²) in [5.74, 6) is 0.646. The molecule has 2 nitrogen and oxygen atoms in total. The molecule has 1 atom stereocenters. The molecule has 0 aromatic heterocycles. The standard InChI is InChI=1S/C15H22BrClN2/c1-10(2)9-19(12-4-5-12)15(8-18)13-7-11(17)3-6-14(13)16/h3,6-7,10,12,15H,4-5,8-9,18H2,1-2H3. The number of rotatable bonds is 6. The molecule has 2 N–H and O–H groups in total. The summed E-state index contributed by atoms with van der Waals surface area (Å²) in [5.41, 5.74) is 7.27. The highest BCUT2D eigenvalue weighted by Crippen LogP contribution is 2.37. The lowest BCUT2D eigenvalue weighted by Crippen LogP contribution is -2.38. The Labute approximate surface area is 129 Å². The van der Waals surface area contributed by atoms with Crippen LogP contribution in [0.15, 0.2) is 22.7 Å². The zero-order valence-electron chi connectivity index (χ0n) is 11.6. The Morgan fingerprint density at radius 1 is 1.42 bits per heavy atom. The molecule has 0 spiro atoms. The number of nitrogens with zero attached hydrogens (tertiary/aromatic N) is 1. The van der Waals surface area contributed by atoms with E-state index in [-0.39, 0.29) is 6.04 Å². The molecule has 106 valence electrons. The van der Waals surface area contributed by atoms with Gasteiger partial charge in [0.1, 0.15) is 0 Å². The first-order valence-electron chi connectivity index (χ1n) is 6.93. The molecule has 1 aromatic carbocycles. The molecular formula is C15H22BrClN2. The molecule has 0 amide bonds. The van der Waals surface area contributed by atoms with Crippen LogP contribution in [-0.4, -0.2) is 24.0 Å². The number of benzene rings is 1. The molecule has 1 unspecified atom stereocenters. The predicted molar refractivity (Wildman–Crippen MR) is 85.5 cm³/mol. The van der Waals surface area contributed by atoms with Crippen LogP contribution in [0.4, 0.5) is 0 Å². The van der Waals surface area contributed by atoms with Crippen LogP contribution in [0, 0.1) is 5.92 Å². The Balaban J connectivity index is 2.28. The Kier molecular flexibility index (Phi) is 5.29. The third-order valence-corrected chi connectivity index (χ3v) is 4.49. The first-order chi connectivity index (χ1) is 9.02. The fourth-order valence-electron chi connectivity index (χ4n) is 2.57. The maximum atomic E-state index is 6.14. The van der Waals surface area contributed by atoms with Crippen LogP contribution < -0.4 is 5.73 Å². The van der Waals surface area contributed by atoms with E-state index in [1.165, 1.54) is 18.4 Å². The van der Waals surface area contributed by atoms with Gasteiger partial charge in [0, 0.05) is 34.7 Å². The first kappa shape index (κ1) is 15.3. The van der Waals surface area contributed by atoms with Crippen molar-refractivity contribution in [2.45, 2.75) is 38.8 Å². The molecule has 1 fully saturated rings. The van der Waals surface area contributed by atoms with Crippen molar-refractivity contribution in [2.75, 3.05) is 13.1 Å². The molecule has 1 aliphatic carbocycles. The van der Waals surface area contributed by atoms with E-state index in [1.54, 1.807) is 0 Å². The van der Waals surface area contributed by atoms with E-state index < -0.39 is 0 Å². The fourth-order valence-corrected chi connectivity index (χ4v) is 3.26. The van der Waals surface area contributed by atoms with Gasteiger partial charge >= 0.3 is 0 Å². The summed E-state index contributed by atoms with van der Waals surface area (Å²) >= 11 is 9.78. The lowest BCUT2D eigenvalue weighted by molar-refractivity contribution is 0.169. The van der Waals surface area contributed by atoms with Crippen LogP contribution in [0.3, 0.4) is 0 Å². The lowest BCUT2D eigenvalue weighted by Gasteiger charge is -2.33.